The van der Waals surface area contributed by atoms with Gasteiger partial charge in [-0.1, -0.05) is 25.7 Å². The van der Waals surface area contributed by atoms with E-state index >= 15 is 0 Å². The number of hydrogen-bond acceptors (Lipinski definition) is 1. The molecule has 1 aliphatic carbocycles. The Balaban J connectivity index is 2.02. The van der Waals surface area contributed by atoms with Gasteiger partial charge in [0.2, 0.25) is 5.91 Å². The molecule has 15 heavy (non-hydrogen) atoms. The van der Waals surface area contributed by atoms with Crippen molar-refractivity contribution in [1.82, 2.24) is 4.90 Å². The van der Waals surface area contributed by atoms with Crippen LogP contribution in [0.3, 0.4) is 0 Å². The van der Waals surface area contributed by atoms with Crippen molar-refractivity contribution in [2.75, 3.05) is 13.1 Å². The molecule has 1 saturated heterocycles. The highest BCUT2D eigenvalue weighted by molar-refractivity contribution is 5.73. The molecule has 1 aliphatic heterocycles. The van der Waals surface area contributed by atoms with Crippen LogP contribution in [0.1, 0.15) is 58.3 Å². The van der Waals surface area contributed by atoms with Gasteiger partial charge >= 0.3 is 0 Å². The third-order valence-electron chi connectivity index (χ3n) is 4.27. The summed E-state index contributed by atoms with van der Waals surface area (Å²) in [5.74, 6) is 0.276. The molecule has 1 heterocycles. The maximum absolute atomic E-state index is 11.4. The molecule has 2 heteroatoms. The first-order chi connectivity index (χ1) is 7.22. The Morgan fingerprint density at radius 3 is 2.20 bits per heavy atom. The Hall–Kier alpha value is -0.530. The van der Waals surface area contributed by atoms with Crippen molar-refractivity contribution >= 4 is 5.91 Å². The van der Waals surface area contributed by atoms with Gasteiger partial charge < -0.3 is 4.90 Å². The predicted octanol–water partition coefficient (Wildman–Crippen LogP) is 2.97. The van der Waals surface area contributed by atoms with Crippen LogP contribution in [-0.2, 0) is 4.79 Å². The van der Waals surface area contributed by atoms with Crippen molar-refractivity contribution < 1.29 is 4.79 Å². The quantitative estimate of drug-likeness (QED) is 0.600. The van der Waals surface area contributed by atoms with E-state index in [1.165, 1.54) is 51.4 Å². The average molecular weight is 209 g/mol. The summed E-state index contributed by atoms with van der Waals surface area (Å²) < 4.78 is 0. The monoisotopic (exact) mass is 209 g/mol. The van der Waals surface area contributed by atoms with E-state index < -0.39 is 0 Å². The number of carbonyl (C=O) groups is 1. The van der Waals surface area contributed by atoms with Gasteiger partial charge in [-0.3, -0.25) is 4.79 Å². The molecule has 0 aromatic carbocycles. The van der Waals surface area contributed by atoms with Gasteiger partial charge in [-0.15, -0.1) is 0 Å². The number of likely N-dealkylation sites (tertiary alicyclic amines) is 1. The SMILES string of the molecule is CC(=O)N1CCCC2(CCCCCC2)C1. The average Bonchev–Trinajstić information content (AvgIpc) is 2.44. The lowest BCUT2D eigenvalue weighted by Gasteiger charge is -2.42. The maximum atomic E-state index is 11.4. The highest BCUT2D eigenvalue weighted by Crippen LogP contribution is 2.42. The zero-order valence-electron chi connectivity index (χ0n) is 9.93. The number of carbonyl (C=O) groups excluding carboxylic acids is 1. The number of rotatable bonds is 0. The maximum Gasteiger partial charge on any atom is 0.219 e. The molecular weight excluding hydrogens is 186 g/mol. The molecule has 1 amide bonds. The molecule has 0 N–H and O–H groups in total. The van der Waals surface area contributed by atoms with Gasteiger partial charge in [-0.05, 0) is 31.1 Å². The second kappa shape index (κ2) is 4.54. The van der Waals surface area contributed by atoms with Crippen LogP contribution in [0.2, 0.25) is 0 Å². The first-order valence-electron chi connectivity index (χ1n) is 6.47. The molecule has 0 aromatic rings. The summed E-state index contributed by atoms with van der Waals surface area (Å²) in [6, 6.07) is 0. The minimum atomic E-state index is 0.276. The van der Waals surface area contributed by atoms with Crippen LogP contribution < -0.4 is 0 Å². The van der Waals surface area contributed by atoms with Gasteiger partial charge in [0.15, 0.2) is 0 Å². The van der Waals surface area contributed by atoms with E-state index in [0.29, 0.717) is 5.41 Å². The Bertz CT molecular complexity index is 229. The van der Waals surface area contributed by atoms with Gasteiger partial charge in [-0.25, -0.2) is 0 Å². The first-order valence-corrected chi connectivity index (χ1v) is 6.47. The van der Waals surface area contributed by atoms with Crippen molar-refractivity contribution in [3.63, 3.8) is 0 Å². The van der Waals surface area contributed by atoms with Gasteiger partial charge in [0.25, 0.3) is 0 Å². The largest absolute Gasteiger partial charge is 0.342 e. The van der Waals surface area contributed by atoms with Crippen molar-refractivity contribution in [3.05, 3.63) is 0 Å². The van der Waals surface area contributed by atoms with Crippen LogP contribution in [0, 0.1) is 5.41 Å². The second-order valence-electron chi connectivity index (χ2n) is 5.46. The van der Waals surface area contributed by atoms with Gasteiger partial charge in [-0.2, -0.15) is 0 Å². The zero-order chi connectivity index (χ0) is 10.7. The molecule has 0 bridgehead atoms. The van der Waals surface area contributed by atoms with E-state index in [0.717, 1.165) is 13.1 Å². The number of amides is 1. The summed E-state index contributed by atoms with van der Waals surface area (Å²) in [6.45, 7) is 3.76. The van der Waals surface area contributed by atoms with Crippen molar-refractivity contribution in [1.29, 1.82) is 0 Å². The van der Waals surface area contributed by atoms with Crippen molar-refractivity contribution in [2.45, 2.75) is 58.3 Å². The molecule has 1 spiro atoms. The van der Waals surface area contributed by atoms with Crippen LogP contribution in [0.5, 0.6) is 0 Å². The molecule has 2 rings (SSSR count). The highest BCUT2D eigenvalue weighted by atomic mass is 16.2. The number of hydrogen-bond donors (Lipinski definition) is 0. The minimum Gasteiger partial charge on any atom is -0.342 e. The normalized spacial score (nSPS) is 26.3. The second-order valence-corrected chi connectivity index (χ2v) is 5.46. The number of nitrogens with zero attached hydrogens (tertiary/aromatic N) is 1. The zero-order valence-corrected chi connectivity index (χ0v) is 9.93. The minimum absolute atomic E-state index is 0.276. The molecule has 2 fully saturated rings. The summed E-state index contributed by atoms with van der Waals surface area (Å²) in [7, 11) is 0. The summed E-state index contributed by atoms with van der Waals surface area (Å²) in [5.41, 5.74) is 0.500. The highest BCUT2D eigenvalue weighted by Gasteiger charge is 2.36. The summed E-state index contributed by atoms with van der Waals surface area (Å²) in [5, 5.41) is 0. The predicted molar refractivity (Wildman–Crippen MR) is 61.6 cm³/mol. The lowest BCUT2D eigenvalue weighted by atomic mass is 9.74. The Morgan fingerprint density at radius 2 is 1.60 bits per heavy atom. The fourth-order valence-corrected chi connectivity index (χ4v) is 3.36. The molecule has 86 valence electrons. The Morgan fingerprint density at radius 1 is 1.00 bits per heavy atom. The number of piperidine rings is 1. The van der Waals surface area contributed by atoms with Crippen LogP contribution in [-0.4, -0.2) is 23.9 Å². The third kappa shape index (κ3) is 2.53. The van der Waals surface area contributed by atoms with E-state index in [4.69, 9.17) is 0 Å². The fraction of sp³-hybridized carbons (Fsp3) is 0.923. The molecule has 0 aromatic heterocycles. The van der Waals surface area contributed by atoms with Crippen LogP contribution in [0.4, 0.5) is 0 Å². The summed E-state index contributed by atoms with van der Waals surface area (Å²) >= 11 is 0. The lowest BCUT2D eigenvalue weighted by molar-refractivity contribution is -0.132. The van der Waals surface area contributed by atoms with E-state index in [1.807, 2.05) is 0 Å². The van der Waals surface area contributed by atoms with E-state index in [-0.39, 0.29) is 5.91 Å². The molecule has 0 atom stereocenters. The van der Waals surface area contributed by atoms with Crippen molar-refractivity contribution in [3.8, 4) is 0 Å². The van der Waals surface area contributed by atoms with Crippen LogP contribution >= 0.6 is 0 Å². The summed E-state index contributed by atoms with van der Waals surface area (Å²) in [4.78, 5) is 13.5. The summed E-state index contributed by atoms with van der Waals surface area (Å²) in [6.07, 6.45) is 10.9. The van der Waals surface area contributed by atoms with Gasteiger partial charge in [0.05, 0.1) is 0 Å². The standard InChI is InChI=1S/C13H23NO/c1-12(15)14-10-6-9-13(11-14)7-4-2-3-5-8-13/h2-11H2,1H3. The topological polar surface area (TPSA) is 20.3 Å². The molecule has 2 aliphatic rings. The van der Waals surface area contributed by atoms with Gasteiger partial charge in [0.1, 0.15) is 0 Å². The van der Waals surface area contributed by atoms with Crippen molar-refractivity contribution in [2.24, 2.45) is 5.41 Å². The first kappa shape index (κ1) is 11.0. The smallest absolute Gasteiger partial charge is 0.219 e. The fourth-order valence-electron chi connectivity index (χ4n) is 3.36. The Labute approximate surface area is 93.0 Å². The van der Waals surface area contributed by atoms with Crippen LogP contribution in [0.25, 0.3) is 0 Å². The molecule has 1 saturated carbocycles. The Kier molecular flexibility index (Phi) is 3.32. The third-order valence-corrected chi connectivity index (χ3v) is 4.27. The molecule has 2 nitrogen and oxygen atoms in total. The van der Waals surface area contributed by atoms with E-state index in [2.05, 4.69) is 4.90 Å². The molecular formula is C13H23NO. The molecule has 0 unspecified atom stereocenters. The lowest BCUT2D eigenvalue weighted by Crippen LogP contribution is -2.45. The van der Waals surface area contributed by atoms with E-state index in [9.17, 15) is 4.79 Å². The molecule has 0 radical (unpaired) electrons. The van der Waals surface area contributed by atoms with E-state index in [1.54, 1.807) is 6.92 Å². The van der Waals surface area contributed by atoms with Crippen LogP contribution in [0.15, 0.2) is 0 Å². The van der Waals surface area contributed by atoms with Gasteiger partial charge in [0, 0.05) is 20.0 Å².